The highest BCUT2D eigenvalue weighted by Gasteiger charge is 2.24. The van der Waals surface area contributed by atoms with Crippen LogP contribution in [0.1, 0.15) is 49.4 Å². The number of rotatable bonds is 7. The van der Waals surface area contributed by atoms with Crippen LogP contribution in [0.3, 0.4) is 0 Å². The number of H-pyrrole nitrogens is 1. The second-order valence-electron chi connectivity index (χ2n) is 8.24. The highest BCUT2D eigenvalue weighted by Crippen LogP contribution is 2.28. The summed E-state index contributed by atoms with van der Waals surface area (Å²) in [6, 6.07) is 16.3. The maximum absolute atomic E-state index is 12.3. The fraction of sp³-hybridized carbons (Fsp3) is 0.333. The summed E-state index contributed by atoms with van der Waals surface area (Å²) in [5.41, 5.74) is 5.74. The van der Waals surface area contributed by atoms with Crippen LogP contribution in [0.5, 0.6) is 5.75 Å². The largest absolute Gasteiger partial charge is 0.512 e. The molecule has 0 bridgehead atoms. The molecule has 4 rings (SSSR count). The Labute approximate surface area is 188 Å². The first-order valence-corrected chi connectivity index (χ1v) is 11.3. The molecule has 0 unspecified atom stereocenters. The summed E-state index contributed by atoms with van der Waals surface area (Å²) in [5.74, 6) is 1.01. The summed E-state index contributed by atoms with van der Waals surface area (Å²) < 4.78 is 6.02. The molecule has 32 heavy (non-hydrogen) atoms. The molecule has 1 aliphatic rings. The molecule has 0 radical (unpaired) electrons. The van der Waals surface area contributed by atoms with E-state index in [1.165, 1.54) is 5.56 Å². The molecule has 2 aromatic carbocycles. The Morgan fingerprint density at radius 2 is 1.97 bits per heavy atom. The molecule has 1 fully saturated rings. The predicted molar refractivity (Wildman–Crippen MR) is 129 cm³/mol. The van der Waals surface area contributed by atoms with Gasteiger partial charge in [0.25, 0.3) is 0 Å². The van der Waals surface area contributed by atoms with Crippen molar-refractivity contribution in [3.05, 3.63) is 76.7 Å². The second kappa shape index (κ2) is 9.86. The summed E-state index contributed by atoms with van der Waals surface area (Å²) in [7, 11) is 0. The molecule has 5 heteroatoms. The third kappa shape index (κ3) is 4.77. The van der Waals surface area contributed by atoms with Gasteiger partial charge in [0.05, 0.1) is 5.57 Å². The van der Waals surface area contributed by atoms with Gasteiger partial charge in [0.1, 0.15) is 18.1 Å². The molecule has 0 atom stereocenters. The molecule has 1 saturated carbocycles. The van der Waals surface area contributed by atoms with Gasteiger partial charge in [0, 0.05) is 41.7 Å². The average Bonchev–Trinajstić information content (AvgIpc) is 3.12. The molecule has 0 saturated heterocycles. The molecule has 1 aliphatic carbocycles. The number of ketones is 1. The number of aryl methyl sites for hydroxylation is 1. The van der Waals surface area contributed by atoms with Gasteiger partial charge in [-0.3, -0.25) is 9.79 Å². The minimum Gasteiger partial charge on any atom is -0.512 e. The third-order valence-electron chi connectivity index (χ3n) is 6.01. The molecule has 1 aromatic heterocycles. The summed E-state index contributed by atoms with van der Waals surface area (Å²) in [6.07, 6.45) is 3.24. The topological polar surface area (TPSA) is 74.7 Å². The number of hydrogen-bond donors (Lipinski definition) is 2. The number of fused-ring (bicyclic) bond motifs is 1. The van der Waals surface area contributed by atoms with E-state index in [2.05, 4.69) is 36.2 Å². The minimum absolute atomic E-state index is 0.0119. The Morgan fingerprint density at radius 3 is 2.75 bits per heavy atom. The molecule has 166 valence electrons. The highest BCUT2D eigenvalue weighted by molar-refractivity contribution is 6.24. The van der Waals surface area contributed by atoms with E-state index in [9.17, 15) is 9.90 Å². The van der Waals surface area contributed by atoms with E-state index in [0.717, 1.165) is 52.9 Å². The molecule has 0 spiro atoms. The average molecular weight is 431 g/mol. The molecule has 2 N–H and O–H groups in total. The van der Waals surface area contributed by atoms with Gasteiger partial charge < -0.3 is 14.8 Å². The third-order valence-corrected chi connectivity index (χ3v) is 6.01. The maximum Gasteiger partial charge on any atom is 0.168 e. The Morgan fingerprint density at radius 1 is 1.16 bits per heavy atom. The van der Waals surface area contributed by atoms with Crippen LogP contribution in [0.25, 0.3) is 10.9 Å². The normalized spacial score (nSPS) is 17.2. The molecule has 0 amide bonds. The number of carbonyl (C=O) groups is 1. The number of aromatic nitrogens is 1. The number of benzene rings is 2. The lowest BCUT2D eigenvalue weighted by Crippen LogP contribution is -2.21. The van der Waals surface area contributed by atoms with E-state index in [1.54, 1.807) is 0 Å². The zero-order valence-corrected chi connectivity index (χ0v) is 18.8. The molecular formula is C27H30N2O3. The zero-order chi connectivity index (χ0) is 22.5. The van der Waals surface area contributed by atoms with Gasteiger partial charge in [-0.05, 0) is 55.5 Å². The Balaban J connectivity index is 1.52. The summed E-state index contributed by atoms with van der Waals surface area (Å²) in [5, 5.41) is 11.4. The fourth-order valence-corrected chi connectivity index (χ4v) is 4.31. The lowest BCUT2D eigenvalue weighted by Gasteiger charge is -2.17. The number of nitrogens with zero attached hydrogens (tertiary/aromatic N) is 1. The molecule has 0 aliphatic heterocycles. The van der Waals surface area contributed by atoms with Gasteiger partial charge in [-0.2, -0.15) is 0 Å². The molecular weight excluding hydrogens is 400 g/mol. The van der Waals surface area contributed by atoms with Crippen LogP contribution in [-0.4, -0.2) is 28.1 Å². The number of aliphatic hydroxyl groups is 1. The maximum atomic E-state index is 12.3. The first-order chi connectivity index (χ1) is 15.6. The Hall–Kier alpha value is -3.34. The number of aliphatic imine (C=N–C) groups is 1. The van der Waals surface area contributed by atoms with Gasteiger partial charge in [-0.1, -0.05) is 37.3 Å². The van der Waals surface area contributed by atoms with Crippen LogP contribution >= 0.6 is 0 Å². The quantitative estimate of drug-likeness (QED) is 0.356. The van der Waals surface area contributed by atoms with Crippen LogP contribution in [0, 0.1) is 6.92 Å². The number of allylic oxidation sites excluding steroid dienone is 2. The minimum atomic E-state index is 0.0119. The van der Waals surface area contributed by atoms with E-state index in [1.807, 2.05) is 31.2 Å². The number of aliphatic hydroxyl groups excluding tert-OH is 1. The monoisotopic (exact) mass is 430 g/mol. The lowest BCUT2D eigenvalue weighted by molar-refractivity contribution is -0.115. The number of hydrogen-bond acceptors (Lipinski definition) is 4. The van der Waals surface area contributed by atoms with E-state index < -0.39 is 0 Å². The standard InChI is InChI=1S/C27H30N2O3/c1-3-25(30)27-24(10-7-11-26(27)31)28-15-14-21-18(2)29-23-13-12-20(16-22(21)23)32-17-19-8-5-4-6-9-19/h4-6,8-9,12-13,16,29-30H,3,7,10-11,14-15,17H2,1-2H3/b27-25+,28-24?. The van der Waals surface area contributed by atoms with Crippen molar-refractivity contribution in [1.29, 1.82) is 0 Å². The van der Waals surface area contributed by atoms with E-state index in [0.29, 0.717) is 31.6 Å². The van der Waals surface area contributed by atoms with Crippen LogP contribution in [-0.2, 0) is 17.8 Å². The fourth-order valence-electron chi connectivity index (χ4n) is 4.31. The van der Waals surface area contributed by atoms with Crippen LogP contribution < -0.4 is 4.74 Å². The van der Waals surface area contributed by atoms with Crippen molar-refractivity contribution in [2.24, 2.45) is 4.99 Å². The summed E-state index contributed by atoms with van der Waals surface area (Å²) in [4.78, 5) is 20.5. The summed E-state index contributed by atoms with van der Waals surface area (Å²) in [6.45, 7) is 5.04. The number of aromatic amines is 1. The SMILES string of the molecule is CC/C(O)=C1\C(=O)CCCC1=NCCc1c(C)[nH]c2ccc(OCc3ccccc3)cc12. The lowest BCUT2D eigenvalue weighted by atomic mass is 9.90. The second-order valence-corrected chi connectivity index (χ2v) is 8.24. The van der Waals surface area contributed by atoms with Gasteiger partial charge in [-0.25, -0.2) is 0 Å². The molecule has 3 aromatic rings. The van der Waals surface area contributed by atoms with Crippen molar-refractivity contribution >= 4 is 22.4 Å². The molecule has 5 nitrogen and oxygen atoms in total. The predicted octanol–water partition coefficient (Wildman–Crippen LogP) is 6.01. The van der Waals surface area contributed by atoms with E-state index >= 15 is 0 Å². The summed E-state index contributed by atoms with van der Waals surface area (Å²) >= 11 is 0. The van der Waals surface area contributed by atoms with Crippen LogP contribution in [0.15, 0.2) is 64.9 Å². The Kier molecular flexibility index (Phi) is 6.74. The molecule has 1 heterocycles. The highest BCUT2D eigenvalue weighted by atomic mass is 16.5. The van der Waals surface area contributed by atoms with Crippen molar-refractivity contribution < 1.29 is 14.6 Å². The van der Waals surface area contributed by atoms with Crippen molar-refractivity contribution in [3.8, 4) is 5.75 Å². The number of ether oxygens (including phenoxy) is 1. The zero-order valence-electron chi connectivity index (χ0n) is 18.8. The first kappa shape index (κ1) is 21.9. The van der Waals surface area contributed by atoms with E-state index in [-0.39, 0.29) is 11.5 Å². The number of nitrogens with one attached hydrogen (secondary N) is 1. The smallest absolute Gasteiger partial charge is 0.168 e. The van der Waals surface area contributed by atoms with Gasteiger partial charge in [0.15, 0.2) is 5.78 Å². The van der Waals surface area contributed by atoms with Crippen molar-refractivity contribution in [2.45, 2.75) is 52.6 Å². The number of Topliss-reactive ketones (excluding diaryl/α,β-unsaturated/α-hetero) is 1. The van der Waals surface area contributed by atoms with Gasteiger partial charge in [-0.15, -0.1) is 0 Å². The van der Waals surface area contributed by atoms with Crippen LogP contribution in [0.4, 0.5) is 0 Å². The van der Waals surface area contributed by atoms with Gasteiger partial charge >= 0.3 is 0 Å². The number of carbonyl (C=O) groups excluding carboxylic acids is 1. The van der Waals surface area contributed by atoms with E-state index in [4.69, 9.17) is 9.73 Å². The van der Waals surface area contributed by atoms with Crippen molar-refractivity contribution in [2.75, 3.05) is 6.54 Å². The van der Waals surface area contributed by atoms with Crippen molar-refractivity contribution in [3.63, 3.8) is 0 Å². The first-order valence-electron chi connectivity index (χ1n) is 11.3. The van der Waals surface area contributed by atoms with Crippen LogP contribution in [0.2, 0.25) is 0 Å². The van der Waals surface area contributed by atoms with Gasteiger partial charge in [0.2, 0.25) is 0 Å². The Bertz CT molecular complexity index is 1170. The van der Waals surface area contributed by atoms with Crippen molar-refractivity contribution in [1.82, 2.24) is 4.98 Å².